The first-order chi connectivity index (χ1) is 10.7. The van der Waals surface area contributed by atoms with Crippen LogP contribution in [0, 0.1) is 0 Å². The topological polar surface area (TPSA) is 45.2 Å². The van der Waals surface area contributed by atoms with Crippen molar-refractivity contribution in [3.8, 4) is 0 Å². The number of anilines is 1. The van der Waals surface area contributed by atoms with E-state index < -0.39 is 0 Å². The number of pyridine rings is 1. The van der Waals surface area contributed by atoms with Crippen molar-refractivity contribution in [2.75, 3.05) is 18.4 Å². The van der Waals surface area contributed by atoms with Crippen molar-refractivity contribution in [1.82, 2.24) is 9.88 Å². The molecular formula is C18H23N3O. The van der Waals surface area contributed by atoms with E-state index in [4.69, 9.17) is 0 Å². The first-order valence-corrected chi connectivity index (χ1v) is 7.71. The number of carbonyl (C=O) groups is 1. The summed E-state index contributed by atoms with van der Waals surface area (Å²) in [5, 5.41) is 3.40. The number of amides is 1. The molecule has 22 heavy (non-hydrogen) atoms. The molecule has 116 valence electrons. The zero-order valence-corrected chi connectivity index (χ0v) is 13.4. The van der Waals surface area contributed by atoms with Crippen LogP contribution in [0.2, 0.25) is 0 Å². The minimum absolute atomic E-state index is 0.0218. The molecule has 1 heterocycles. The first kappa shape index (κ1) is 16.0. The quantitative estimate of drug-likeness (QED) is 0.883. The van der Waals surface area contributed by atoms with Gasteiger partial charge >= 0.3 is 0 Å². The minimum Gasteiger partial charge on any atom is -0.377 e. The molecule has 0 aliphatic rings. The van der Waals surface area contributed by atoms with Crippen molar-refractivity contribution < 1.29 is 4.79 Å². The summed E-state index contributed by atoms with van der Waals surface area (Å²) in [5.41, 5.74) is 2.67. The number of carbonyl (C=O) groups excluding carboxylic acids is 1. The Bertz CT molecular complexity index is 609. The summed E-state index contributed by atoms with van der Waals surface area (Å²) in [6.45, 7) is 7.46. The molecule has 0 aliphatic heterocycles. The number of hydrogen-bond acceptors (Lipinski definition) is 3. The van der Waals surface area contributed by atoms with E-state index in [0.717, 1.165) is 5.69 Å². The van der Waals surface area contributed by atoms with Crippen molar-refractivity contribution in [3.63, 3.8) is 0 Å². The molecule has 0 aliphatic carbocycles. The second-order valence-corrected chi connectivity index (χ2v) is 5.22. The standard InChI is InChI=1S/C18H23N3O/c1-4-21(5-2)18(22)16-11-17(13-19-12-16)20-14(3)15-9-7-6-8-10-15/h6-14,20H,4-5H2,1-3H3. The van der Waals surface area contributed by atoms with Gasteiger partial charge in [-0.05, 0) is 32.4 Å². The van der Waals surface area contributed by atoms with Crippen molar-refractivity contribution in [1.29, 1.82) is 0 Å². The molecule has 1 aromatic heterocycles. The van der Waals surface area contributed by atoms with Crippen LogP contribution in [0.5, 0.6) is 0 Å². The van der Waals surface area contributed by atoms with Crippen LogP contribution in [0.4, 0.5) is 5.69 Å². The maximum atomic E-state index is 12.4. The first-order valence-electron chi connectivity index (χ1n) is 7.71. The van der Waals surface area contributed by atoms with E-state index in [9.17, 15) is 4.79 Å². The SMILES string of the molecule is CCN(CC)C(=O)c1cncc(NC(C)c2ccccc2)c1. The second-order valence-electron chi connectivity index (χ2n) is 5.22. The summed E-state index contributed by atoms with van der Waals surface area (Å²) in [6, 6.07) is 12.2. The lowest BCUT2D eigenvalue weighted by Crippen LogP contribution is -2.30. The maximum Gasteiger partial charge on any atom is 0.255 e. The lowest BCUT2D eigenvalue weighted by Gasteiger charge is -2.19. The van der Waals surface area contributed by atoms with E-state index in [0.29, 0.717) is 18.7 Å². The van der Waals surface area contributed by atoms with Crippen LogP contribution >= 0.6 is 0 Å². The summed E-state index contributed by atoms with van der Waals surface area (Å²) in [5.74, 6) is 0.0218. The van der Waals surface area contributed by atoms with E-state index in [-0.39, 0.29) is 11.9 Å². The molecule has 1 atom stereocenters. The summed E-state index contributed by atoms with van der Waals surface area (Å²) in [4.78, 5) is 18.4. The van der Waals surface area contributed by atoms with Crippen LogP contribution < -0.4 is 5.32 Å². The molecule has 0 radical (unpaired) electrons. The molecule has 4 nitrogen and oxygen atoms in total. The summed E-state index contributed by atoms with van der Waals surface area (Å²) in [7, 11) is 0. The largest absolute Gasteiger partial charge is 0.377 e. The summed E-state index contributed by atoms with van der Waals surface area (Å²) in [6.07, 6.45) is 3.37. The molecule has 1 aromatic carbocycles. The van der Waals surface area contributed by atoms with Crippen molar-refractivity contribution in [3.05, 3.63) is 59.9 Å². The molecule has 0 saturated heterocycles. The number of aromatic nitrogens is 1. The van der Waals surface area contributed by atoms with Crippen molar-refractivity contribution in [2.45, 2.75) is 26.8 Å². The highest BCUT2D eigenvalue weighted by Crippen LogP contribution is 2.19. The molecule has 2 aromatic rings. The Hall–Kier alpha value is -2.36. The van der Waals surface area contributed by atoms with Gasteiger partial charge in [-0.25, -0.2) is 0 Å². The fraction of sp³-hybridized carbons (Fsp3) is 0.333. The zero-order chi connectivity index (χ0) is 15.9. The predicted octanol–water partition coefficient (Wildman–Crippen LogP) is 3.74. The van der Waals surface area contributed by atoms with Crippen LogP contribution in [0.3, 0.4) is 0 Å². The highest BCUT2D eigenvalue weighted by molar-refractivity contribution is 5.94. The van der Waals surface area contributed by atoms with Gasteiger partial charge in [0.2, 0.25) is 0 Å². The zero-order valence-electron chi connectivity index (χ0n) is 13.4. The Kier molecular flexibility index (Phi) is 5.53. The molecule has 1 amide bonds. The third kappa shape index (κ3) is 3.85. The van der Waals surface area contributed by atoms with Gasteiger partial charge in [-0.15, -0.1) is 0 Å². The average molecular weight is 297 g/mol. The number of benzene rings is 1. The molecule has 4 heteroatoms. The molecule has 0 saturated carbocycles. The van der Waals surface area contributed by atoms with Crippen molar-refractivity contribution >= 4 is 11.6 Å². The maximum absolute atomic E-state index is 12.4. The number of rotatable bonds is 6. The molecule has 2 rings (SSSR count). The van der Waals surface area contributed by atoms with E-state index >= 15 is 0 Å². The van der Waals surface area contributed by atoms with Gasteiger partial charge in [-0.3, -0.25) is 9.78 Å². The second kappa shape index (κ2) is 7.59. The van der Waals surface area contributed by atoms with Gasteiger partial charge in [-0.1, -0.05) is 30.3 Å². The highest BCUT2D eigenvalue weighted by Gasteiger charge is 2.14. The monoisotopic (exact) mass is 297 g/mol. The van der Waals surface area contributed by atoms with Gasteiger partial charge < -0.3 is 10.2 Å². The fourth-order valence-corrected chi connectivity index (χ4v) is 2.40. The van der Waals surface area contributed by atoms with E-state index in [1.165, 1.54) is 5.56 Å². The Morgan fingerprint density at radius 2 is 1.86 bits per heavy atom. The third-order valence-corrected chi connectivity index (χ3v) is 3.72. The molecule has 1 unspecified atom stereocenters. The lowest BCUT2D eigenvalue weighted by molar-refractivity contribution is 0.0772. The van der Waals surface area contributed by atoms with Gasteiger partial charge in [0.05, 0.1) is 11.3 Å². The Morgan fingerprint density at radius 1 is 1.18 bits per heavy atom. The predicted molar refractivity (Wildman–Crippen MR) is 90.0 cm³/mol. The Balaban J connectivity index is 2.13. The molecular weight excluding hydrogens is 274 g/mol. The third-order valence-electron chi connectivity index (χ3n) is 3.72. The molecule has 0 spiro atoms. The normalized spacial score (nSPS) is 11.8. The van der Waals surface area contributed by atoms with Crippen LogP contribution in [-0.2, 0) is 0 Å². The van der Waals surface area contributed by atoms with Gasteiger partial charge in [0.15, 0.2) is 0 Å². The molecule has 0 fully saturated rings. The lowest BCUT2D eigenvalue weighted by atomic mass is 10.1. The van der Waals surface area contributed by atoms with Gasteiger partial charge in [0.1, 0.15) is 0 Å². The van der Waals surface area contributed by atoms with Crippen LogP contribution in [0.15, 0.2) is 48.8 Å². The fourth-order valence-electron chi connectivity index (χ4n) is 2.40. The Morgan fingerprint density at radius 3 is 2.50 bits per heavy atom. The van der Waals surface area contributed by atoms with E-state index in [2.05, 4.69) is 29.4 Å². The highest BCUT2D eigenvalue weighted by atomic mass is 16.2. The van der Waals surface area contributed by atoms with E-state index in [1.807, 2.05) is 38.1 Å². The number of nitrogens with one attached hydrogen (secondary N) is 1. The van der Waals surface area contributed by atoms with Crippen molar-refractivity contribution in [2.24, 2.45) is 0 Å². The molecule has 0 bridgehead atoms. The minimum atomic E-state index is 0.0218. The summed E-state index contributed by atoms with van der Waals surface area (Å²) >= 11 is 0. The summed E-state index contributed by atoms with van der Waals surface area (Å²) < 4.78 is 0. The van der Waals surface area contributed by atoms with Crippen LogP contribution in [0.1, 0.15) is 42.7 Å². The van der Waals surface area contributed by atoms with E-state index in [1.54, 1.807) is 17.3 Å². The number of nitrogens with zero attached hydrogens (tertiary/aromatic N) is 2. The van der Waals surface area contributed by atoms with Crippen LogP contribution in [-0.4, -0.2) is 28.9 Å². The van der Waals surface area contributed by atoms with Gasteiger partial charge in [-0.2, -0.15) is 0 Å². The molecule has 1 N–H and O–H groups in total. The number of hydrogen-bond donors (Lipinski definition) is 1. The van der Waals surface area contributed by atoms with Crippen LogP contribution in [0.25, 0.3) is 0 Å². The van der Waals surface area contributed by atoms with Gasteiger partial charge in [0, 0.05) is 31.5 Å². The Labute approximate surface area is 132 Å². The smallest absolute Gasteiger partial charge is 0.255 e. The average Bonchev–Trinajstić information content (AvgIpc) is 2.57. The van der Waals surface area contributed by atoms with Gasteiger partial charge in [0.25, 0.3) is 5.91 Å².